The predicted octanol–water partition coefficient (Wildman–Crippen LogP) is 5.00. The first-order valence-electron chi connectivity index (χ1n) is 9.93. The topological polar surface area (TPSA) is 44.6 Å². The van der Waals surface area contributed by atoms with Crippen LogP contribution in [0.5, 0.6) is 0 Å². The van der Waals surface area contributed by atoms with Crippen molar-refractivity contribution in [2.45, 2.75) is 96.5 Å². The molecule has 1 atom stereocenters. The molecule has 1 heterocycles. The maximum Gasteiger partial charge on any atom is 0.0964 e. The van der Waals surface area contributed by atoms with Gasteiger partial charge in [0.2, 0.25) is 0 Å². The molecule has 1 rings (SSSR count). The number of amidine groups is 1. The Hall–Kier alpha value is -0.830. The Bertz CT molecular complexity index is 326. The maximum absolute atomic E-state index is 9.87. The van der Waals surface area contributed by atoms with Gasteiger partial charge < -0.3 is 10.4 Å². The van der Waals surface area contributed by atoms with Crippen molar-refractivity contribution in [3.05, 3.63) is 12.2 Å². The zero-order chi connectivity index (χ0) is 16.6. The largest absolute Gasteiger partial charge is 0.393 e. The molecule has 23 heavy (non-hydrogen) atoms. The van der Waals surface area contributed by atoms with Crippen molar-refractivity contribution in [3.63, 3.8) is 0 Å². The third-order valence-corrected chi connectivity index (χ3v) is 4.49. The number of aliphatic hydroxyl groups is 1. The van der Waals surface area contributed by atoms with Crippen LogP contribution in [0.1, 0.15) is 90.4 Å². The number of hydrogen-bond acceptors (Lipinski definition) is 3. The minimum absolute atomic E-state index is 0.129. The minimum Gasteiger partial charge on any atom is -0.393 e. The fourth-order valence-corrected chi connectivity index (χ4v) is 3.00. The molecule has 0 saturated heterocycles. The average Bonchev–Trinajstić information content (AvgIpc) is 3.06. The number of allylic oxidation sites excluding steroid dienone is 1. The van der Waals surface area contributed by atoms with E-state index in [1.165, 1.54) is 63.6 Å². The van der Waals surface area contributed by atoms with Crippen LogP contribution in [-0.4, -0.2) is 30.1 Å². The van der Waals surface area contributed by atoms with Crippen LogP contribution in [0.2, 0.25) is 0 Å². The van der Waals surface area contributed by atoms with Gasteiger partial charge in [-0.05, 0) is 32.1 Å². The second-order valence-electron chi connectivity index (χ2n) is 6.77. The molecule has 0 aromatic carbocycles. The molecule has 2 N–H and O–H groups in total. The van der Waals surface area contributed by atoms with Crippen molar-refractivity contribution in [1.82, 2.24) is 5.32 Å². The lowest BCUT2D eigenvalue weighted by atomic mass is 10.1. The van der Waals surface area contributed by atoms with Crippen LogP contribution in [0.15, 0.2) is 17.1 Å². The van der Waals surface area contributed by atoms with E-state index < -0.39 is 0 Å². The summed E-state index contributed by atoms with van der Waals surface area (Å²) in [6, 6.07) is 0. The lowest BCUT2D eigenvalue weighted by Gasteiger charge is -2.07. The van der Waals surface area contributed by atoms with Crippen LogP contribution < -0.4 is 5.32 Å². The van der Waals surface area contributed by atoms with Crippen molar-refractivity contribution >= 4 is 5.84 Å². The van der Waals surface area contributed by atoms with E-state index in [1.54, 1.807) is 0 Å². The Morgan fingerprint density at radius 1 is 1.04 bits per heavy atom. The maximum atomic E-state index is 9.87. The van der Waals surface area contributed by atoms with Crippen LogP contribution >= 0.6 is 0 Å². The lowest BCUT2D eigenvalue weighted by Crippen LogP contribution is -2.17. The molecule has 0 aromatic rings. The number of aliphatic imine (C=N–C) groups is 1. The molecule has 0 radical (unpaired) electrons. The highest BCUT2D eigenvalue weighted by atomic mass is 16.3. The average molecular weight is 323 g/mol. The quantitative estimate of drug-likeness (QED) is 0.329. The first kappa shape index (κ1) is 20.2. The van der Waals surface area contributed by atoms with Gasteiger partial charge in [-0.1, -0.05) is 64.0 Å². The van der Waals surface area contributed by atoms with E-state index in [0.29, 0.717) is 0 Å². The number of nitrogens with zero attached hydrogens (tertiary/aromatic N) is 1. The molecule has 0 fully saturated rings. The van der Waals surface area contributed by atoms with Gasteiger partial charge in [0.25, 0.3) is 0 Å². The SMILES string of the molecule is CCCCCCC(O)CC=CCCCCCCCC1=NCCN1. The molecule has 1 unspecified atom stereocenters. The Labute approximate surface area is 143 Å². The van der Waals surface area contributed by atoms with Crippen molar-refractivity contribution in [3.8, 4) is 0 Å². The van der Waals surface area contributed by atoms with Gasteiger partial charge in [-0.25, -0.2) is 0 Å². The standard InChI is InChI=1S/C20H38N2O/c1-2-3-4-11-14-19(23)15-12-9-7-5-6-8-10-13-16-20-21-17-18-22-20/h9,12,19,23H,2-8,10-11,13-18H2,1H3,(H,21,22). The van der Waals surface area contributed by atoms with E-state index >= 15 is 0 Å². The molecule has 1 aliphatic heterocycles. The normalized spacial score (nSPS) is 15.8. The second kappa shape index (κ2) is 14.7. The van der Waals surface area contributed by atoms with Gasteiger partial charge >= 0.3 is 0 Å². The highest BCUT2D eigenvalue weighted by Gasteiger charge is 2.03. The summed E-state index contributed by atoms with van der Waals surface area (Å²) in [6.07, 6.45) is 19.9. The summed E-state index contributed by atoms with van der Waals surface area (Å²) < 4.78 is 0. The first-order valence-corrected chi connectivity index (χ1v) is 9.93. The smallest absolute Gasteiger partial charge is 0.0964 e. The summed E-state index contributed by atoms with van der Waals surface area (Å²) in [7, 11) is 0. The molecule has 0 aromatic heterocycles. The molecule has 0 spiro atoms. The highest BCUT2D eigenvalue weighted by molar-refractivity contribution is 5.83. The summed E-state index contributed by atoms with van der Waals surface area (Å²) in [5.74, 6) is 1.22. The fourth-order valence-electron chi connectivity index (χ4n) is 3.00. The van der Waals surface area contributed by atoms with Crippen LogP contribution in [-0.2, 0) is 0 Å². The molecule has 1 aliphatic rings. The van der Waals surface area contributed by atoms with Gasteiger partial charge in [0.15, 0.2) is 0 Å². The van der Waals surface area contributed by atoms with E-state index in [4.69, 9.17) is 0 Å². The monoisotopic (exact) mass is 322 g/mol. The van der Waals surface area contributed by atoms with Gasteiger partial charge in [0.05, 0.1) is 18.5 Å². The van der Waals surface area contributed by atoms with Gasteiger partial charge in [0, 0.05) is 13.0 Å². The van der Waals surface area contributed by atoms with Gasteiger partial charge in [-0.2, -0.15) is 0 Å². The first-order chi connectivity index (χ1) is 11.3. The molecule has 0 saturated carbocycles. The molecular weight excluding hydrogens is 284 g/mol. The zero-order valence-corrected chi connectivity index (χ0v) is 15.2. The predicted molar refractivity (Wildman–Crippen MR) is 101 cm³/mol. The fraction of sp³-hybridized carbons (Fsp3) is 0.850. The summed E-state index contributed by atoms with van der Waals surface area (Å²) in [6.45, 7) is 4.23. The van der Waals surface area contributed by atoms with E-state index in [2.05, 4.69) is 29.4 Å². The Morgan fingerprint density at radius 2 is 1.83 bits per heavy atom. The third-order valence-electron chi connectivity index (χ3n) is 4.49. The summed E-state index contributed by atoms with van der Waals surface area (Å²) in [5, 5.41) is 13.2. The third kappa shape index (κ3) is 12.3. The minimum atomic E-state index is -0.129. The second-order valence-corrected chi connectivity index (χ2v) is 6.77. The van der Waals surface area contributed by atoms with Crippen LogP contribution in [0, 0.1) is 0 Å². The molecule has 3 heteroatoms. The summed E-state index contributed by atoms with van der Waals surface area (Å²) in [5.41, 5.74) is 0. The Kier molecular flexibility index (Phi) is 13.0. The van der Waals surface area contributed by atoms with Crippen LogP contribution in [0.4, 0.5) is 0 Å². The van der Waals surface area contributed by atoms with E-state index in [0.717, 1.165) is 38.8 Å². The Morgan fingerprint density at radius 3 is 2.61 bits per heavy atom. The molecule has 3 nitrogen and oxygen atoms in total. The van der Waals surface area contributed by atoms with Crippen molar-refractivity contribution in [1.29, 1.82) is 0 Å². The number of hydrogen-bond donors (Lipinski definition) is 2. The van der Waals surface area contributed by atoms with E-state index in [9.17, 15) is 5.11 Å². The van der Waals surface area contributed by atoms with Crippen molar-refractivity contribution in [2.75, 3.05) is 13.1 Å². The highest BCUT2D eigenvalue weighted by Crippen LogP contribution is 2.10. The lowest BCUT2D eigenvalue weighted by molar-refractivity contribution is 0.163. The molecule has 0 bridgehead atoms. The number of nitrogens with one attached hydrogen (secondary N) is 1. The summed E-state index contributed by atoms with van der Waals surface area (Å²) >= 11 is 0. The molecule has 134 valence electrons. The van der Waals surface area contributed by atoms with Crippen LogP contribution in [0.3, 0.4) is 0 Å². The van der Waals surface area contributed by atoms with Crippen LogP contribution in [0.25, 0.3) is 0 Å². The van der Waals surface area contributed by atoms with Gasteiger partial charge in [0.1, 0.15) is 0 Å². The van der Waals surface area contributed by atoms with Crippen molar-refractivity contribution in [2.24, 2.45) is 4.99 Å². The van der Waals surface area contributed by atoms with E-state index in [1.807, 2.05) is 0 Å². The molecular formula is C20H38N2O. The van der Waals surface area contributed by atoms with Gasteiger partial charge in [-0.3, -0.25) is 4.99 Å². The molecule has 0 amide bonds. The summed E-state index contributed by atoms with van der Waals surface area (Å²) in [4.78, 5) is 4.42. The van der Waals surface area contributed by atoms with E-state index in [-0.39, 0.29) is 6.10 Å². The zero-order valence-electron chi connectivity index (χ0n) is 15.2. The number of unbranched alkanes of at least 4 members (excludes halogenated alkanes) is 8. The Balaban J connectivity index is 1.80. The molecule has 0 aliphatic carbocycles. The number of rotatable bonds is 15. The van der Waals surface area contributed by atoms with Gasteiger partial charge in [-0.15, -0.1) is 0 Å². The van der Waals surface area contributed by atoms with Crippen molar-refractivity contribution < 1.29 is 5.11 Å². The number of aliphatic hydroxyl groups excluding tert-OH is 1.